The van der Waals surface area contributed by atoms with Crippen LogP contribution in [0.4, 0.5) is 11.8 Å². The van der Waals surface area contributed by atoms with Gasteiger partial charge in [0.2, 0.25) is 5.95 Å². The molecular weight excluding hydrogens is 312 g/mol. The first-order chi connectivity index (χ1) is 10.9. The first-order valence-corrected chi connectivity index (χ1v) is 7.94. The van der Waals surface area contributed by atoms with Gasteiger partial charge in [0.25, 0.3) is 0 Å². The fraction of sp³-hybridized carbons (Fsp3) is 0.412. The summed E-state index contributed by atoms with van der Waals surface area (Å²) >= 11 is 6.10. The van der Waals surface area contributed by atoms with Crippen LogP contribution in [-0.4, -0.2) is 30.2 Å². The minimum atomic E-state index is 0.103. The van der Waals surface area contributed by atoms with E-state index in [-0.39, 0.29) is 6.10 Å². The van der Waals surface area contributed by atoms with Crippen molar-refractivity contribution in [3.05, 3.63) is 40.5 Å². The zero-order valence-corrected chi connectivity index (χ0v) is 15.0. The Balaban J connectivity index is 2.17. The largest absolute Gasteiger partial charge is 0.491 e. The van der Waals surface area contributed by atoms with Crippen molar-refractivity contribution in [3.63, 3.8) is 0 Å². The maximum atomic E-state index is 6.10. The molecule has 0 radical (unpaired) electrons. The summed E-state index contributed by atoms with van der Waals surface area (Å²) in [5, 5.41) is 3.91. The molecule has 0 unspecified atom stereocenters. The molecule has 0 aliphatic rings. The molecule has 23 heavy (non-hydrogen) atoms. The van der Waals surface area contributed by atoms with Crippen LogP contribution in [0.25, 0.3) is 0 Å². The van der Waals surface area contributed by atoms with E-state index in [1.54, 1.807) is 0 Å². The summed E-state index contributed by atoms with van der Waals surface area (Å²) in [5.74, 6) is 2.29. The molecule has 5 nitrogen and oxygen atoms in total. The molecular formula is C17H23ClN4O. The van der Waals surface area contributed by atoms with Gasteiger partial charge in [-0.3, -0.25) is 0 Å². The Morgan fingerprint density at radius 1 is 1.30 bits per heavy atom. The Morgan fingerprint density at radius 3 is 2.70 bits per heavy atom. The predicted molar refractivity (Wildman–Crippen MR) is 95.6 cm³/mol. The molecule has 0 aliphatic carbocycles. The van der Waals surface area contributed by atoms with E-state index >= 15 is 0 Å². The first-order valence-electron chi connectivity index (χ1n) is 7.56. The van der Waals surface area contributed by atoms with E-state index in [1.165, 1.54) is 0 Å². The lowest BCUT2D eigenvalue weighted by Gasteiger charge is -2.17. The van der Waals surface area contributed by atoms with E-state index in [1.807, 2.05) is 64.2 Å². The Bertz CT molecular complexity index is 674. The molecule has 0 bridgehead atoms. The quantitative estimate of drug-likeness (QED) is 0.868. The molecule has 1 heterocycles. The summed E-state index contributed by atoms with van der Waals surface area (Å²) in [7, 11) is 3.93. The van der Waals surface area contributed by atoms with E-state index in [4.69, 9.17) is 16.3 Å². The number of rotatable bonds is 6. The Hall–Kier alpha value is -2.01. The number of benzene rings is 1. The third-order valence-electron chi connectivity index (χ3n) is 3.19. The first kappa shape index (κ1) is 17.3. The molecule has 1 N–H and O–H groups in total. The standard InChI is InChI=1S/C17H23ClN4O/c1-11(2)23-15-7-6-14(18)8-13(15)10-20-17-19-9-12(3)16(21-17)22(4)5/h6-9,11H,10H2,1-5H3,(H,19,20,21). The van der Waals surface area contributed by atoms with Crippen molar-refractivity contribution in [2.45, 2.75) is 33.4 Å². The van der Waals surface area contributed by atoms with Crippen LogP contribution in [0.5, 0.6) is 5.75 Å². The van der Waals surface area contributed by atoms with Gasteiger partial charge < -0.3 is 15.0 Å². The summed E-state index contributed by atoms with van der Waals surface area (Å²) in [4.78, 5) is 10.8. The predicted octanol–water partition coefficient (Wildman–Crippen LogP) is 3.90. The highest BCUT2D eigenvalue weighted by Gasteiger charge is 2.09. The molecule has 0 atom stereocenters. The minimum Gasteiger partial charge on any atom is -0.491 e. The fourth-order valence-electron chi connectivity index (χ4n) is 2.20. The highest BCUT2D eigenvalue weighted by atomic mass is 35.5. The van der Waals surface area contributed by atoms with Gasteiger partial charge in [0, 0.05) is 43.0 Å². The van der Waals surface area contributed by atoms with Crippen molar-refractivity contribution in [2.75, 3.05) is 24.3 Å². The SMILES string of the molecule is Cc1cnc(NCc2cc(Cl)ccc2OC(C)C)nc1N(C)C. The zero-order chi connectivity index (χ0) is 17.0. The lowest BCUT2D eigenvalue weighted by atomic mass is 10.2. The molecule has 2 rings (SSSR count). The molecule has 124 valence electrons. The van der Waals surface area contributed by atoms with E-state index in [0.29, 0.717) is 17.5 Å². The van der Waals surface area contributed by atoms with E-state index in [9.17, 15) is 0 Å². The van der Waals surface area contributed by atoms with Crippen molar-refractivity contribution in [2.24, 2.45) is 0 Å². The van der Waals surface area contributed by atoms with Crippen LogP contribution in [0.15, 0.2) is 24.4 Å². The van der Waals surface area contributed by atoms with Crippen LogP contribution < -0.4 is 15.0 Å². The number of nitrogens with zero attached hydrogens (tertiary/aromatic N) is 3. The van der Waals surface area contributed by atoms with E-state index < -0.39 is 0 Å². The summed E-state index contributed by atoms with van der Waals surface area (Å²) in [6, 6.07) is 5.61. The molecule has 2 aromatic rings. The van der Waals surface area contributed by atoms with Crippen molar-refractivity contribution < 1.29 is 4.74 Å². The maximum Gasteiger partial charge on any atom is 0.224 e. The number of ether oxygens (including phenoxy) is 1. The van der Waals surface area contributed by atoms with Gasteiger partial charge >= 0.3 is 0 Å². The Kier molecular flexibility index (Phi) is 5.66. The van der Waals surface area contributed by atoms with Crippen LogP contribution >= 0.6 is 11.6 Å². The van der Waals surface area contributed by atoms with Crippen LogP contribution in [0.1, 0.15) is 25.0 Å². The van der Waals surface area contributed by atoms with E-state index in [2.05, 4.69) is 15.3 Å². The average Bonchev–Trinajstić information content (AvgIpc) is 2.48. The molecule has 0 fully saturated rings. The second-order valence-corrected chi connectivity index (χ2v) is 6.30. The lowest BCUT2D eigenvalue weighted by molar-refractivity contribution is 0.240. The number of aromatic nitrogens is 2. The number of halogens is 1. The molecule has 0 spiro atoms. The third kappa shape index (κ3) is 4.73. The molecule has 6 heteroatoms. The van der Waals surface area contributed by atoms with Crippen LogP contribution in [0, 0.1) is 6.92 Å². The molecule has 0 saturated heterocycles. The Morgan fingerprint density at radius 2 is 2.04 bits per heavy atom. The molecule has 0 saturated carbocycles. The second-order valence-electron chi connectivity index (χ2n) is 5.87. The van der Waals surface area contributed by atoms with Gasteiger partial charge in [-0.05, 0) is 39.0 Å². The minimum absolute atomic E-state index is 0.103. The van der Waals surface area contributed by atoms with Crippen molar-refractivity contribution in [3.8, 4) is 5.75 Å². The van der Waals surface area contributed by atoms with Gasteiger partial charge in [-0.15, -0.1) is 0 Å². The summed E-state index contributed by atoms with van der Waals surface area (Å²) in [5.41, 5.74) is 2.01. The van der Waals surface area contributed by atoms with Gasteiger partial charge in [0.15, 0.2) is 0 Å². The summed E-state index contributed by atoms with van der Waals surface area (Å²) < 4.78 is 5.82. The topological polar surface area (TPSA) is 50.3 Å². The lowest BCUT2D eigenvalue weighted by Crippen LogP contribution is -2.15. The van der Waals surface area contributed by atoms with Gasteiger partial charge in [-0.2, -0.15) is 4.98 Å². The number of anilines is 2. The van der Waals surface area contributed by atoms with Gasteiger partial charge in [0.05, 0.1) is 6.10 Å². The molecule has 1 aromatic carbocycles. The normalized spacial score (nSPS) is 10.7. The number of hydrogen-bond acceptors (Lipinski definition) is 5. The molecule has 0 amide bonds. The van der Waals surface area contributed by atoms with Crippen molar-refractivity contribution in [1.82, 2.24) is 9.97 Å². The Labute approximate surface area is 142 Å². The third-order valence-corrected chi connectivity index (χ3v) is 3.43. The average molecular weight is 335 g/mol. The van der Waals surface area contributed by atoms with Crippen LogP contribution in [0.3, 0.4) is 0 Å². The molecule has 0 aliphatic heterocycles. The van der Waals surface area contributed by atoms with Crippen LogP contribution in [-0.2, 0) is 6.54 Å². The number of hydrogen-bond donors (Lipinski definition) is 1. The summed E-state index contributed by atoms with van der Waals surface area (Å²) in [6.07, 6.45) is 1.92. The van der Waals surface area contributed by atoms with Gasteiger partial charge in [0.1, 0.15) is 11.6 Å². The van der Waals surface area contributed by atoms with Crippen molar-refractivity contribution >= 4 is 23.4 Å². The summed E-state index contributed by atoms with van der Waals surface area (Å²) in [6.45, 7) is 6.53. The van der Waals surface area contributed by atoms with Crippen LogP contribution in [0.2, 0.25) is 5.02 Å². The monoisotopic (exact) mass is 334 g/mol. The highest BCUT2D eigenvalue weighted by Crippen LogP contribution is 2.25. The second kappa shape index (κ2) is 7.51. The maximum absolute atomic E-state index is 6.10. The van der Waals surface area contributed by atoms with E-state index in [0.717, 1.165) is 22.7 Å². The zero-order valence-electron chi connectivity index (χ0n) is 14.2. The van der Waals surface area contributed by atoms with Gasteiger partial charge in [-0.1, -0.05) is 11.6 Å². The smallest absolute Gasteiger partial charge is 0.224 e. The van der Waals surface area contributed by atoms with Crippen molar-refractivity contribution in [1.29, 1.82) is 0 Å². The number of aryl methyl sites for hydroxylation is 1. The highest BCUT2D eigenvalue weighted by molar-refractivity contribution is 6.30. The number of nitrogens with one attached hydrogen (secondary N) is 1. The fourth-order valence-corrected chi connectivity index (χ4v) is 2.39. The molecule has 1 aromatic heterocycles. The van der Waals surface area contributed by atoms with Gasteiger partial charge in [-0.25, -0.2) is 4.98 Å².